The number of aliphatic hydroxyl groups excluding tert-OH is 1. The van der Waals surface area contributed by atoms with E-state index in [0.29, 0.717) is 0 Å². The van der Waals surface area contributed by atoms with Gasteiger partial charge in [0.2, 0.25) is 0 Å². The van der Waals surface area contributed by atoms with Crippen LogP contribution in [0.5, 0.6) is 5.75 Å². The monoisotopic (exact) mass is 273 g/mol. The number of methoxy groups -OCH3 is 1. The lowest BCUT2D eigenvalue weighted by Gasteiger charge is -2.24. The first-order chi connectivity index (χ1) is 9.81. The largest absolute Gasteiger partial charge is 0.497 e. The topological polar surface area (TPSA) is 60.2 Å². The normalized spacial score (nSPS) is 17.8. The van der Waals surface area contributed by atoms with Crippen LogP contribution in [0.2, 0.25) is 0 Å². The van der Waals surface area contributed by atoms with E-state index in [9.17, 15) is 5.11 Å². The lowest BCUT2D eigenvalue weighted by molar-refractivity contribution is 0.203. The average Bonchev–Trinajstić information content (AvgIpc) is 2.91. The molecule has 0 radical (unpaired) electrons. The molecule has 2 heterocycles. The molecule has 5 nitrogen and oxygen atoms in total. The highest BCUT2D eigenvalue weighted by atomic mass is 16.5. The number of benzene rings is 1. The van der Waals surface area contributed by atoms with Gasteiger partial charge in [-0.1, -0.05) is 12.1 Å². The first-order valence-electron chi connectivity index (χ1n) is 6.98. The van der Waals surface area contributed by atoms with E-state index in [1.54, 1.807) is 7.11 Å². The molecule has 1 atom stereocenters. The van der Waals surface area contributed by atoms with Gasteiger partial charge in [0, 0.05) is 12.8 Å². The van der Waals surface area contributed by atoms with E-state index in [2.05, 4.69) is 14.8 Å². The quantitative estimate of drug-likeness (QED) is 0.922. The number of fused-ring (bicyclic) bond motifs is 1. The maximum atomic E-state index is 9.52. The Kier molecular flexibility index (Phi) is 3.69. The molecule has 106 valence electrons. The molecule has 1 aliphatic heterocycles. The third-order valence-electron chi connectivity index (χ3n) is 3.87. The molecule has 0 spiro atoms. The summed E-state index contributed by atoms with van der Waals surface area (Å²) >= 11 is 0. The molecule has 0 amide bonds. The van der Waals surface area contributed by atoms with Crippen molar-refractivity contribution in [1.29, 1.82) is 0 Å². The first kappa shape index (κ1) is 13.1. The average molecular weight is 273 g/mol. The zero-order valence-electron chi connectivity index (χ0n) is 11.6. The summed E-state index contributed by atoms with van der Waals surface area (Å²) in [4.78, 5) is 0. The lowest BCUT2D eigenvalue weighted by atomic mass is 10.0. The number of rotatable bonds is 4. The Hall–Kier alpha value is -1.88. The molecule has 1 N–H and O–H groups in total. The zero-order chi connectivity index (χ0) is 13.9. The summed E-state index contributed by atoms with van der Waals surface area (Å²) in [7, 11) is 1.66. The van der Waals surface area contributed by atoms with Crippen molar-refractivity contribution in [2.24, 2.45) is 0 Å². The number of hydrogen-bond donors (Lipinski definition) is 1. The van der Waals surface area contributed by atoms with E-state index in [1.165, 1.54) is 5.56 Å². The molecule has 2 aromatic rings. The molecule has 20 heavy (non-hydrogen) atoms. The molecule has 0 aliphatic carbocycles. The second-order valence-corrected chi connectivity index (χ2v) is 5.16. The van der Waals surface area contributed by atoms with Gasteiger partial charge in [-0.2, -0.15) is 0 Å². The Morgan fingerprint density at radius 2 is 2.10 bits per heavy atom. The smallest absolute Gasteiger partial charge is 0.137 e. The maximum Gasteiger partial charge on any atom is 0.137 e. The summed E-state index contributed by atoms with van der Waals surface area (Å²) in [6, 6.07) is 8.11. The van der Waals surface area contributed by atoms with Gasteiger partial charge in [-0.05, 0) is 30.5 Å². The van der Waals surface area contributed by atoms with E-state index < -0.39 is 0 Å². The highest BCUT2D eigenvalue weighted by Gasteiger charge is 2.23. The van der Waals surface area contributed by atoms with Crippen molar-refractivity contribution >= 4 is 0 Å². The number of hydrogen-bond acceptors (Lipinski definition) is 4. The minimum atomic E-state index is 0.127. The van der Waals surface area contributed by atoms with E-state index in [0.717, 1.165) is 43.1 Å². The van der Waals surface area contributed by atoms with Crippen molar-refractivity contribution in [1.82, 2.24) is 14.8 Å². The van der Waals surface area contributed by atoms with Crippen molar-refractivity contribution in [3.63, 3.8) is 0 Å². The molecule has 0 saturated heterocycles. The fourth-order valence-electron chi connectivity index (χ4n) is 2.80. The molecule has 0 saturated carbocycles. The Bertz CT molecular complexity index is 577. The van der Waals surface area contributed by atoms with Crippen molar-refractivity contribution in [3.8, 4) is 5.75 Å². The third kappa shape index (κ3) is 2.41. The summed E-state index contributed by atoms with van der Waals surface area (Å²) < 4.78 is 7.28. The highest BCUT2D eigenvalue weighted by Crippen LogP contribution is 2.26. The van der Waals surface area contributed by atoms with Gasteiger partial charge in [0.05, 0.1) is 19.8 Å². The van der Waals surface area contributed by atoms with Gasteiger partial charge in [-0.15, -0.1) is 10.2 Å². The SMILES string of the molecule is COc1ccc(Cc2nnc3n2C(CO)CCC3)cc1. The molecule has 3 rings (SSSR count). The summed E-state index contributed by atoms with van der Waals surface area (Å²) in [6.07, 6.45) is 3.75. The van der Waals surface area contributed by atoms with Crippen molar-refractivity contribution < 1.29 is 9.84 Å². The summed E-state index contributed by atoms with van der Waals surface area (Å²) in [5.74, 6) is 2.79. The van der Waals surface area contributed by atoms with E-state index >= 15 is 0 Å². The third-order valence-corrected chi connectivity index (χ3v) is 3.87. The Morgan fingerprint density at radius 3 is 2.80 bits per heavy atom. The highest BCUT2D eigenvalue weighted by molar-refractivity contribution is 5.29. The van der Waals surface area contributed by atoms with E-state index in [4.69, 9.17) is 4.74 Å². The van der Waals surface area contributed by atoms with Crippen LogP contribution in [0, 0.1) is 0 Å². The fourth-order valence-corrected chi connectivity index (χ4v) is 2.80. The van der Waals surface area contributed by atoms with Crippen molar-refractivity contribution in [3.05, 3.63) is 41.5 Å². The van der Waals surface area contributed by atoms with Gasteiger partial charge < -0.3 is 14.4 Å². The van der Waals surface area contributed by atoms with Crippen LogP contribution in [0.1, 0.15) is 36.1 Å². The summed E-state index contributed by atoms with van der Waals surface area (Å²) in [5.41, 5.74) is 1.17. The number of aliphatic hydroxyl groups is 1. The molecular formula is C15H19N3O2. The van der Waals surface area contributed by atoms with Gasteiger partial charge in [0.25, 0.3) is 0 Å². The maximum absolute atomic E-state index is 9.52. The molecule has 0 bridgehead atoms. The summed E-state index contributed by atoms with van der Waals surface area (Å²) in [5, 5.41) is 18.1. The van der Waals surface area contributed by atoms with Crippen LogP contribution in [0.3, 0.4) is 0 Å². The number of aryl methyl sites for hydroxylation is 1. The molecule has 1 unspecified atom stereocenters. The first-order valence-corrected chi connectivity index (χ1v) is 6.98. The summed E-state index contributed by atoms with van der Waals surface area (Å²) in [6.45, 7) is 0.153. The van der Waals surface area contributed by atoms with Gasteiger partial charge in [-0.3, -0.25) is 0 Å². The Balaban J connectivity index is 1.85. The number of nitrogens with zero attached hydrogens (tertiary/aromatic N) is 3. The second-order valence-electron chi connectivity index (χ2n) is 5.16. The second kappa shape index (κ2) is 5.63. The lowest BCUT2D eigenvalue weighted by Crippen LogP contribution is -2.23. The van der Waals surface area contributed by atoms with Crippen LogP contribution < -0.4 is 4.74 Å². The minimum absolute atomic E-state index is 0.127. The van der Waals surface area contributed by atoms with Crippen LogP contribution in [0.4, 0.5) is 0 Å². The van der Waals surface area contributed by atoms with Crippen LogP contribution in [0.25, 0.3) is 0 Å². The molecule has 1 aliphatic rings. The van der Waals surface area contributed by atoms with Gasteiger partial charge >= 0.3 is 0 Å². The van der Waals surface area contributed by atoms with E-state index in [1.807, 2.05) is 24.3 Å². The minimum Gasteiger partial charge on any atom is -0.497 e. The molecule has 1 aromatic carbocycles. The van der Waals surface area contributed by atoms with Crippen LogP contribution in [-0.4, -0.2) is 33.6 Å². The predicted octanol–water partition coefficient (Wildman–Crippen LogP) is 1.75. The van der Waals surface area contributed by atoms with Gasteiger partial charge in [0.1, 0.15) is 17.4 Å². The van der Waals surface area contributed by atoms with Crippen molar-refractivity contribution in [2.75, 3.05) is 13.7 Å². The number of aromatic nitrogens is 3. The van der Waals surface area contributed by atoms with Crippen molar-refractivity contribution in [2.45, 2.75) is 31.7 Å². The van der Waals surface area contributed by atoms with Crippen LogP contribution >= 0.6 is 0 Å². The molecule has 0 fully saturated rings. The molecule has 1 aromatic heterocycles. The van der Waals surface area contributed by atoms with Gasteiger partial charge in [-0.25, -0.2) is 0 Å². The Morgan fingerprint density at radius 1 is 1.30 bits per heavy atom. The molecule has 5 heteroatoms. The van der Waals surface area contributed by atoms with Crippen LogP contribution in [-0.2, 0) is 12.8 Å². The fraction of sp³-hybridized carbons (Fsp3) is 0.467. The van der Waals surface area contributed by atoms with Crippen LogP contribution in [0.15, 0.2) is 24.3 Å². The zero-order valence-corrected chi connectivity index (χ0v) is 11.6. The number of ether oxygens (including phenoxy) is 1. The van der Waals surface area contributed by atoms with E-state index in [-0.39, 0.29) is 12.6 Å². The predicted molar refractivity (Wildman–Crippen MR) is 74.9 cm³/mol. The molecular weight excluding hydrogens is 254 g/mol. The standard InChI is InChI=1S/C15H19N3O2/c1-20-13-7-5-11(6-8-13)9-15-17-16-14-4-2-3-12(10-19)18(14)15/h5-8,12,19H,2-4,9-10H2,1H3. The Labute approximate surface area is 118 Å². The van der Waals surface area contributed by atoms with Gasteiger partial charge in [0.15, 0.2) is 0 Å².